The van der Waals surface area contributed by atoms with E-state index in [4.69, 9.17) is 14.6 Å². The summed E-state index contributed by atoms with van der Waals surface area (Å²) in [6, 6.07) is 5.88. The zero-order chi connectivity index (χ0) is 17.7. The molecular weight excluding hydrogens is 312 g/mol. The van der Waals surface area contributed by atoms with E-state index >= 15 is 0 Å². The van der Waals surface area contributed by atoms with E-state index in [1.54, 1.807) is 19.1 Å². The molecule has 1 atom stereocenters. The standard InChI is InChI=1S/C17H24N2O5/c1-12(14-5-4-13(23-2)10-15(14)24-3)18-6-8-19(9-7-18)16(20)11-17(21)22/h4-5,10,12H,6-9,11H2,1-3H3,(H,21,22). The van der Waals surface area contributed by atoms with Crippen LogP contribution in [0.15, 0.2) is 18.2 Å². The minimum absolute atomic E-state index is 0.127. The van der Waals surface area contributed by atoms with Gasteiger partial charge >= 0.3 is 5.97 Å². The van der Waals surface area contributed by atoms with Crippen LogP contribution in [-0.2, 0) is 9.59 Å². The molecule has 1 unspecified atom stereocenters. The third-order valence-corrected chi connectivity index (χ3v) is 4.41. The van der Waals surface area contributed by atoms with Crippen molar-refractivity contribution in [3.05, 3.63) is 23.8 Å². The van der Waals surface area contributed by atoms with Gasteiger partial charge in [0.2, 0.25) is 5.91 Å². The minimum atomic E-state index is -1.08. The number of aliphatic carboxylic acids is 1. The van der Waals surface area contributed by atoms with Crippen molar-refractivity contribution in [2.75, 3.05) is 40.4 Å². The highest BCUT2D eigenvalue weighted by molar-refractivity contribution is 5.93. The number of ether oxygens (including phenoxy) is 2. The maximum atomic E-state index is 11.8. The Hall–Kier alpha value is -2.28. The van der Waals surface area contributed by atoms with Gasteiger partial charge in [-0.25, -0.2) is 0 Å². The predicted molar refractivity (Wildman–Crippen MR) is 88.4 cm³/mol. The number of hydrogen-bond acceptors (Lipinski definition) is 5. The molecule has 7 nitrogen and oxygen atoms in total. The smallest absolute Gasteiger partial charge is 0.312 e. The first kappa shape index (κ1) is 18.1. The molecule has 1 fully saturated rings. The summed E-state index contributed by atoms with van der Waals surface area (Å²) >= 11 is 0. The summed E-state index contributed by atoms with van der Waals surface area (Å²) in [6.07, 6.45) is -0.443. The topological polar surface area (TPSA) is 79.3 Å². The van der Waals surface area contributed by atoms with Crippen molar-refractivity contribution in [2.24, 2.45) is 0 Å². The summed E-state index contributed by atoms with van der Waals surface area (Å²) in [5, 5.41) is 8.72. The monoisotopic (exact) mass is 336 g/mol. The quantitative estimate of drug-likeness (QED) is 0.791. The lowest BCUT2D eigenvalue weighted by molar-refractivity contribution is -0.145. The van der Waals surface area contributed by atoms with E-state index in [1.807, 2.05) is 18.2 Å². The number of hydrogen-bond donors (Lipinski definition) is 1. The number of carbonyl (C=O) groups is 2. The Morgan fingerprint density at radius 1 is 1.17 bits per heavy atom. The molecule has 1 heterocycles. The predicted octanol–water partition coefficient (Wildman–Crippen LogP) is 1.38. The second-order valence-corrected chi connectivity index (χ2v) is 5.77. The third kappa shape index (κ3) is 4.17. The minimum Gasteiger partial charge on any atom is -0.497 e. The first-order valence-electron chi connectivity index (χ1n) is 7.91. The lowest BCUT2D eigenvalue weighted by atomic mass is 10.0. The average molecular weight is 336 g/mol. The van der Waals surface area contributed by atoms with Crippen molar-refractivity contribution >= 4 is 11.9 Å². The van der Waals surface area contributed by atoms with Gasteiger partial charge in [-0.2, -0.15) is 0 Å². The van der Waals surface area contributed by atoms with Crippen LogP contribution in [0.2, 0.25) is 0 Å². The Morgan fingerprint density at radius 3 is 2.38 bits per heavy atom. The summed E-state index contributed by atoms with van der Waals surface area (Å²) in [5.41, 5.74) is 1.06. The number of carboxylic acids is 1. The van der Waals surface area contributed by atoms with Gasteiger partial charge in [0.1, 0.15) is 17.9 Å². The third-order valence-electron chi connectivity index (χ3n) is 4.41. The zero-order valence-corrected chi connectivity index (χ0v) is 14.3. The molecule has 1 aromatic rings. The largest absolute Gasteiger partial charge is 0.497 e. The molecular formula is C17H24N2O5. The number of amides is 1. The van der Waals surface area contributed by atoms with E-state index in [0.29, 0.717) is 26.2 Å². The molecule has 1 aliphatic heterocycles. The van der Waals surface area contributed by atoms with Gasteiger partial charge in [0, 0.05) is 43.9 Å². The van der Waals surface area contributed by atoms with Crippen LogP contribution in [0, 0.1) is 0 Å². The molecule has 0 aliphatic carbocycles. The highest BCUT2D eigenvalue weighted by atomic mass is 16.5. The van der Waals surface area contributed by atoms with Crippen LogP contribution in [0.3, 0.4) is 0 Å². The number of benzene rings is 1. The molecule has 1 N–H and O–H groups in total. The van der Waals surface area contributed by atoms with Crippen LogP contribution in [-0.4, -0.2) is 67.2 Å². The van der Waals surface area contributed by atoms with E-state index in [2.05, 4.69) is 11.8 Å². The van der Waals surface area contributed by atoms with Gasteiger partial charge < -0.3 is 19.5 Å². The zero-order valence-electron chi connectivity index (χ0n) is 14.3. The first-order valence-corrected chi connectivity index (χ1v) is 7.91. The van der Waals surface area contributed by atoms with Crippen molar-refractivity contribution in [3.63, 3.8) is 0 Å². The fourth-order valence-electron chi connectivity index (χ4n) is 2.96. The van der Waals surface area contributed by atoms with Gasteiger partial charge in [0.15, 0.2) is 0 Å². The van der Waals surface area contributed by atoms with Crippen molar-refractivity contribution in [1.82, 2.24) is 9.80 Å². The lowest BCUT2D eigenvalue weighted by Gasteiger charge is -2.38. The van der Waals surface area contributed by atoms with Crippen molar-refractivity contribution in [1.29, 1.82) is 0 Å². The Balaban J connectivity index is 2.01. The normalized spacial score (nSPS) is 16.5. The molecule has 0 radical (unpaired) electrons. The molecule has 1 aromatic carbocycles. The molecule has 24 heavy (non-hydrogen) atoms. The summed E-state index contributed by atoms with van der Waals surface area (Å²) in [5.74, 6) is 0.105. The summed E-state index contributed by atoms with van der Waals surface area (Å²) < 4.78 is 10.7. The van der Waals surface area contributed by atoms with E-state index < -0.39 is 12.4 Å². The highest BCUT2D eigenvalue weighted by Crippen LogP contribution is 2.32. The van der Waals surface area contributed by atoms with Crippen molar-refractivity contribution in [3.8, 4) is 11.5 Å². The molecule has 1 saturated heterocycles. The van der Waals surface area contributed by atoms with Crippen LogP contribution < -0.4 is 9.47 Å². The first-order chi connectivity index (χ1) is 11.5. The van der Waals surface area contributed by atoms with Crippen LogP contribution >= 0.6 is 0 Å². The van der Waals surface area contributed by atoms with E-state index in [-0.39, 0.29) is 11.9 Å². The van der Waals surface area contributed by atoms with Crippen LogP contribution in [0.5, 0.6) is 11.5 Å². The molecule has 0 bridgehead atoms. The Kier molecular flexibility index (Phi) is 6.03. The highest BCUT2D eigenvalue weighted by Gasteiger charge is 2.27. The molecule has 7 heteroatoms. The maximum Gasteiger partial charge on any atom is 0.312 e. The van der Waals surface area contributed by atoms with Gasteiger partial charge in [-0.15, -0.1) is 0 Å². The number of methoxy groups -OCH3 is 2. The fraction of sp³-hybridized carbons (Fsp3) is 0.529. The molecule has 1 aliphatic rings. The molecule has 0 aromatic heterocycles. The Labute approximate surface area is 141 Å². The van der Waals surface area contributed by atoms with E-state index in [9.17, 15) is 9.59 Å². The van der Waals surface area contributed by atoms with Crippen molar-refractivity contribution in [2.45, 2.75) is 19.4 Å². The Bertz CT molecular complexity index is 597. The Morgan fingerprint density at radius 2 is 1.83 bits per heavy atom. The number of nitrogens with zero attached hydrogens (tertiary/aromatic N) is 2. The molecule has 2 rings (SSSR count). The number of piperazine rings is 1. The van der Waals surface area contributed by atoms with Crippen LogP contribution in [0.4, 0.5) is 0 Å². The van der Waals surface area contributed by atoms with Crippen molar-refractivity contribution < 1.29 is 24.2 Å². The molecule has 0 saturated carbocycles. The second kappa shape index (κ2) is 8.01. The SMILES string of the molecule is COc1ccc(C(C)N2CCN(C(=O)CC(=O)O)CC2)c(OC)c1. The van der Waals surface area contributed by atoms with Crippen LogP contribution in [0.25, 0.3) is 0 Å². The lowest BCUT2D eigenvalue weighted by Crippen LogP contribution is -2.49. The summed E-state index contributed by atoms with van der Waals surface area (Å²) in [7, 11) is 3.25. The van der Waals surface area contributed by atoms with Gasteiger partial charge in [-0.1, -0.05) is 6.07 Å². The van der Waals surface area contributed by atoms with Gasteiger partial charge in [0.05, 0.1) is 14.2 Å². The fourth-order valence-corrected chi connectivity index (χ4v) is 2.96. The van der Waals surface area contributed by atoms with Gasteiger partial charge in [-0.05, 0) is 13.0 Å². The molecule has 1 amide bonds. The molecule has 0 spiro atoms. The van der Waals surface area contributed by atoms with E-state index in [0.717, 1.165) is 17.1 Å². The average Bonchev–Trinajstić information content (AvgIpc) is 2.60. The number of carbonyl (C=O) groups excluding carboxylic acids is 1. The molecule has 132 valence electrons. The van der Waals surface area contributed by atoms with Crippen LogP contribution in [0.1, 0.15) is 24.9 Å². The summed E-state index contributed by atoms with van der Waals surface area (Å²) in [4.78, 5) is 26.3. The second-order valence-electron chi connectivity index (χ2n) is 5.77. The summed E-state index contributed by atoms with van der Waals surface area (Å²) in [6.45, 7) is 4.56. The van der Waals surface area contributed by atoms with Gasteiger partial charge in [0.25, 0.3) is 0 Å². The van der Waals surface area contributed by atoms with E-state index in [1.165, 1.54) is 0 Å². The van der Waals surface area contributed by atoms with Gasteiger partial charge in [-0.3, -0.25) is 14.5 Å². The number of carboxylic acid groups (broad SMARTS) is 1. The maximum absolute atomic E-state index is 11.8. The number of rotatable bonds is 6.